The van der Waals surface area contributed by atoms with Gasteiger partial charge in [-0.05, 0) is 17.5 Å². The van der Waals surface area contributed by atoms with E-state index in [1.54, 1.807) is 17.5 Å². The third kappa shape index (κ3) is 5.81. The van der Waals surface area contributed by atoms with Crippen LogP contribution in [0, 0.1) is 10.1 Å². The molecule has 8 nitrogen and oxygen atoms in total. The number of nitrogens with zero attached hydrogens (tertiary/aromatic N) is 1. The Bertz CT molecular complexity index is 788. The van der Waals surface area contributed by atoms with E-state index in [9.17, 15) is 24.5 Å². The predicted molar refractivity (Wildman–Crippen MR) is 90.6 cm³/mol. The Labute approximate surface area is 146 Å². The number of nitro benzene ring substituents is 1. The van der Waals surface area contributed by atoms with Crippen LogP contribution < -0.4 is 5.32 Å². The van der Waals surface area contributed by atoms with Crippen LogP contribution in [0.4, 0.5) is 11.4 Å². The van der Waals surface area contributed by atoms with Gasteiger partial charge in [0.25, 0.3) is 11.6 Å². The Morgan fingerprint density at radius 1 is 1.16 bits per heavy atom. The van der Waals surface area contributed by atoms with Gasteiger partial charge in [-0.3, -0.25) is 24.5 Å². The number of carbonyl (C=O) groups is 3. The number of nitrogens with one attached hydrogen (secondary N) is 1. The molecule has 1 aromatic heterocycles. The van der Waals surface area contributed by atoms with Gasteiger partial charge >= 0.3 is 5.97 Å². The normalized spacial score (nSPS) is 10.1. The second-order valence-electron chi connectivity index (χ2n) is 4.92. The van der Waals surface area contributed by atoms with Crippen LogP contribution in [0.3, 0.4) is 0 Å². The number of carbonyl (C=O) groups excluding carboxylic acids is 3. The topological polar surface area (TPSA) is 116 Å². The van der Waals surface area contributed by atoms with Crippen molar-refractivity contribution in [2.75, 3.05) is 11.9 Å². The van der Waals surface area contributed by atoms with E-state index >= 15 is 0 Å². The largest absolute Gasteiger partial charge is 0.456 e. The molecule has 130 valence electrons. The Kier molecular flexibility index (Phi) is 6.35. The number of nitro groups is 1. The molecule has 1 N–H and O–H groups in total. The zero-order valence-corrected chi connectivity index (χ0v) is 13.8. The third-order valence-electron chi connectivity index (χ3n) is 3.06. The van der Waals surface area contributed by atoms with Crippen molar-refractivity contribution in [3.05, 3.63) is 56.8 Å². The molecule has 0 bridgehead atoms. The summed E-state index contributed by atoms with van der Waals surface area (Å²) < 4.78 is 4.79. The number of Topliss-reactive ketones (excluding diaryl/α,β-unsaturated/α-hetero) is 1. The number of ketones is 1. The molecule has 0 saturated carbocycles. The van der Waals surface area contributed by atoms with Gasteiger partial charge in [-0.2, -0.15) is 0 Å². The minimum atomic E-state index is -0.668. The van der Waals surface area contributed by atoms with Crippen LogP contribution in [0.5, 0.6) is 0 Å². The molecule has 1 aromatic carbocycles. The number of benzene rings is 1. The lowest BCUT2D eigenvalue weighted by Gasteiger charge is -2.06. The highest BCUT2D eigenvalue weighted by molar-refractivity contribution is 7.12. The zero-order chi connectivity index (χ0) is 18.2. The van der Waals surface area contributed by atoms with Gasteiger partial charge in [-0.25, -0.2) is 0 Å². The number of non-ortho nitro benzene ring substituents is 1. The summed E-state index contributed by atoms with van der Waals surface area (Å²) in [5.74, 6) is -1.45. The van der Waals surface area contributed by atoms with E-state index in [0.717, 1.165) is 0 Å². The second-order valence-corrected chi connectivity index (χ2v) is 5.86. The summed E-state index contributed by atoms with van der Waals surface area (Å²) >= 11 is 1.29. The first-order valence-corrected chi connectivity index (χ1v) is 8.10. The van der Waals surface area contributed by atoms with E-state index in [1.807, 2.05) is 0 Å². The summed E-state index contributed by atoms with van der Waals surface area (Å²) in [6.45, 7) is -0.533. The number of hydrogen-bond donors (Lipinski definition) is 1. The highest BCUT2D eigenvalue weighted by Gasteiger charge is 2.13. The molecule has 0 spiro atoms. The molecule has 2 aromatic rings. The third-order valence-corrected chi connectivity index (χ3v) is 3.97. The standard InChI is InChI=1S/C16H14N2O6S/c19-13(14-5-2-8-25-14)6-7-16(21)24-10-15(20)17-11-3-1-4-12(9-11)18(22)23/h1-5,8-9H,6-7,10H2,(H,17,20). The van der Waals surface area contributed by atoms with Crippen LogP contribution in [0.15, 0.2) is 41.8 Å². The number of hydrogen-bond acceptors (Lipinski definition) is 7. The molecule has 0 saturated heterocycles. The summed E-state index contributed by atoms with van der Waals surface area (Å²) in [6.07, 6.45) is -0.118. The first-order valence-electron chi connectivity index (χ1n) is 7.22. The molecular formula is C16H14N2O6S. The van der Waals surface area contributed by atoms with Crippen molar-refractivity contribution in [1.29, 1.82) is 0 Å². The second kappa shape index (κ2) is 8.69. The van der Waals surface area contributed by atoms with E-state index < -0.39 is 23.4 Å². The van der Waals surface area contributed by atoms with Crippen LogP contribution in [0.2, 0.25) is 0 Å². The fraction of sp³-hybridized carbons (Fsp3) is 0.188. The summed E-state index contributed by atoms with van der Waals surface area (Å²) in [7, 11) is 0. The highest BCUT2D eigenvalue weighted by Crippen LogP contribution is 2.17. The molecule has 0 atom stereocenters. The molecule has 1 amide bonds. The maximum Gasteiger partial charge on any atom is 0.306 e. The van der Waals surface area contributed by atoms with Crippen molar-refractivity contribution in [2.45, 2.75) is 12.8 Å². The molecular weight excluding hydrogens is 348 g/mol. The minimum absolute atomic E-state index is 0.00580. The molecule has 0 aliphatic rings. The molecule has 0 aliphatic heterocycles. The summed E-state index contributed by atoms with van der Waals surface area (Å²) in [5, 5.41) is 14.8. The van der Waals surface area contributed by atoms with Gasteiger partial charge in [0.2, 0.25) is 0 Å². The first kappa shape index (κ1) is 18.3. The lowest BCUT2D eigenvalue weighted by atomic mass is 10.2. The van der Waals surface area contributed by atoms with Crippen molar-refractivity contribution in [2.24, 2.45) is 0 Å². The average molecular weight is 362 g/mol. The lowest BCUT2D eigenvalue weighted by Crippen LogP contribution is -2.21. The fourth-order valence-electron chi connectivity index (χ4n) is 1.89. The number of thiophene rings is 1. The number of esters is 1. The van der Waals surface area contributed by atoms with Crippen LogP contribution in [-0.2, 0) is 14.3 Å². The molecule has 9 heteroatoms. The van der Waals surface area contributed by atoms with Crippen molar-refractivity contribution in [1.82, 2.24) is 0 Å². The number of amides is 1. The van der Waals surface area contributed by atoms with Crippen molar-refractivity contribution >= 4 is 40.4 Å². The van der Waals surface area contributed by atoms with E-state index in [4.69, 9.17) is 4.74 Å². The average Bonchev–Trinajstić information content (AvgIpc) is 3.12. The van der Waals surface area contributed by atoms with E-state index in [0.29, 0.717) is 4.88 Å². The number of rotatable bonds is 8. The molecule has 0 aliphatic carbocycles. The van der Waals surface area contributed by atoms with Crippen molar-refractivity contribution < 1.29 is 24.0 Å². The summed E-state index contributed by atoms with van der Waals surface area (Å²) in [5.41, 5.74) is 0.0602. The summed E-state index contributed by atoms with van der Waals surface area (Å²) in [4.78, 5) is 45.7. The van der Waals surface area contributed by atoms with Gasteiger partial charge in [0, 0.05) is 24.2 Å². The van der Waals surface area contributed by atoms with Gasteiger partial charge in [-0.15, -0.1) is 11.3 Å². The predicted octanol–water partition coefficient (Wildman–Crippen LogP) is 2.80. The smallest absolute Gasteiger partial charge is 0.306 e. The van der Waals surface area contributed by atoms with E-state index in [-0.39, 0.29) is 30.0 Å². The van der Waals surface area contributed by atoms with Crippen LogP contribution in [0.25, 0.3) is 0 Å². The Morgan fingerprint density at radius 3 is 2.64 bits per heavy atom. The molecule has 0 radical (unpaired) electrons. The zero-order valence-electron chi connectivity index (χ0n) is 13.0. The molecule has 2 rings (SSSR count). The van der Waals surface area contributed by atoms with Crippen molar-refractivity contribution in [3.63, 3.8) is 0 Å². The van der Waals surface area contributed by atoms with Crippen LogP contribution >= 0.6 is 11.3 Å². The van der Waals surface area contributed by atoms with Gasteiger partial charge in [0.1, 0.15) is 0 Å². The maximum atomic E-state index is 11.7. The fourth-order valence-corrected chi connectivity index (χ4v) is 2.58. The SMILES string of the molecule is O=C(COC(=O)CCC(=O)c1cccs1)Nc1cccc([N+](=O)[O-])c1. The number of ether oxygens (including phenoxy) is 1. The molecule has 0 unspecified atom stereocenters. The highest BCUT2D eigenvalue weighted by atomic mass is 32.1. The first-order chi connectivity index (χ1) is 12.0. The van der Waals surface area contributed by atoms with Crippen molar-refractivity contribution in [3.8, 4) is 0 Å². The Balaban J connectivity index is 1.74. The van der Waals surface area contributed by atoms with Gasteiger partial charge in [-0.1, -0.05) is 12.1 Å². The van der Waals surface area contributed by atoms with Gasteiger partial charge in [0.05, 0.1) is 16.2 Å². The maximum absolute atomic E-state index is 11.7. The van der Waals surface area contributed by atoms with E-state index in [2.05, 4.69) is 5.32 Å². The lowest BCUT2D eigenvalue weighted by molar-refractivity contribution is -0.384. The summed E-state index contributed by atoms with van der Waals surface area (Å²) in [6, 6.07) is 8.81. The quantitative estimate of drug-likeness (QED) is 0.334. The molecule has 0 fully saturated rings. The van der Waals surface area contributed by atoms with Crippen LogP contribution in [0.1, 0.15) is 22.5 Å². The van der Waals surface area contributed by atoms with E-state index in [1.165, 1.54) is 35.6 Å². The Morgan fingerprint density at radius 2 is 1.96 bits per heavy atom. The van der Waals surface area contributed by atoms with Gasteiger partial charge in [0.15, 0.2) is 12.4 Å². The van der Waals surface area contributed by atoms with Crippen LogP contribution in [-0.4, -0.2) is 29.2 Å². The minimum Gasteiger partial charge on any atom is -0.456 e. The Hall–Kier alpha value is -3.07. The monoisotopic (exact) mass is 362 g/mol. The molecule has 1 heterocycles. The van der Waals surface area contributed by atoms with Gasteiger partial charge < -0.3 is 10.1 Å². The molecule has 25 heavy (non-hydrogen) atoms. The number of anilines is 1.